The molecule has 0 aliphatic carbocycles. The molecule has 2 aromatic heterocycles. The Morgan fingerprint density at radius 3 is 2.63 bits per heavy atom. The molecule has 2 aromatic rings. The lowest BCUT2D eigenvalue weighted by atomic mass is 10.2. The molecule has 0 aromatic carbocycles. The van der Waals surface area contributed by atoms with Gasteiger partial charge in [-0.2, -0.15) is 0 Å². The zero-order valence-electron chi connectivity index (χ0n) is 11.0. The van der Waals surface area contributed by atoms with E-state index in [2.05, 4.69) is 25.1 Å². The van der Waals surface area contributed by atoms with Crippen LogP contribution in [0.5, 0.6) is 0 Å². The van der Waals surface area contributed by atoms with Crippen LogP contribution in [0, 0.1) is 0 Å². The maximum absolute atomic E-state index is 10.9. The van der Waals surface area contributed by atoms with Gasteiger partial charge < -0.3 is 4.57 Å². The Balaban J connectivity index is 0.000000399. The van der Waals surface area contributed by atoms with Crippen molar-refractivity contribution in [3.63, 3.8) is 0 Å². The molecule has 0 saturated carbocycles. The number of halogens is 1. The van der Waals surface area contributed by atoms with Gasteiger partial charge in [-0.1, -0.05) is 30.7 Å². The maximum atomic E-state index is 10.9. The number of carbonyl (C=O) groups excluding carboxylic acids is 1. The number of fused-ring (bicyclic) bond motifs is 1. The highest BCUT2D eigenvalue weighted by Crippen LogP contribution is 2.27. The van der Waals surface area contributed by atoms with Crippen molar-refractivity contribution in [3.8, 4) is 0 Å². The highest BCUT2D eigenvalue weighted by atomic mass is 35.5. The van der Waals surface area contributed by atoms with E-state index in [-0.39, 0.29) is 0 Å². The molecule has 19 heavy (non-hydrogen) atoms. The van der Waals surface area contributed by atoms with Gasteiger partial charge in [-0.15, -0.1) is 13.2 Å². The predicted molar refractivity (Wildman–Crippen MR) is 80.8 cm³/mol. The van der Waals surface area contributed by atoms with Crippen LogP contribution < -0.4 is 0 Å². The zero-order valence-corrected chi connectivity index (χ0v) is 11.7. The van der Waals surface area contributed by atoms with Crippen LogP contribution in [0.3, 0.4) is 0 Å². The summed E-state index contributed by atoms with van der Waals surface area (Å²) in [7, 11) is 0. The normalized spacial score (nSPS) is 9.58. The molecule has 0 spiro atoms. The van der Waals surface area contributed by atoms with Gasteiger partial charge >= 0.3 is 0 Å². The van der Waals surface area contributed by atoms with Crippen LogP contribution in [0.15, 0.2) is 43.6 Å². The number of carbonyl (C=O) groups is 1. The van der Waals surface area contributed by atoms with Crippen molar-refractivity contribution in [2.75, 3.05) is 0 Å². The Morgan fingerprint density at radius 1 is 1.42 bits per heavy atom. The van der Waals surface area contributed by atoms with Gasteiger partial charge in [0.15, 0.2) is 6.29 Å². The smallest absolute Gasteiger partial charge is 0.153 e. The molecule has 3 nitrogen and oxygen atoms in total. The van der Waals surface area contributed by atoms with Crippen molar-refractivity contribution in [2.45, 2.75) is 19.9 Å². The van der Waals surface area contributed by atoms with Crippen LogP contribution in [-0.2, 0) is 6.54 Å². The Hall–Kier alpha value is -1.87. The lowest BCUT2D eigenvalue weighted by Crippen LogP contribution is -1.95. The highest BCUT2D eigenvalue weighted by Gasteiger charge is 2.14. The van der Waals surface area contributed by atoms with Crippen LogP contribution in [0.2, 0.25) is 5.15 Å². The van der Waals surface area contributed by atoms with E-state index >= 15 is 0 Å². The SMILES string of the molecule is C=CCC.C=CCn1c(Cl)c(C=O)c2cccnc21. The molecule has 0 radical (unpaired) electrons. The minimum atomic E-state index is 0.415. The van der Waals surface area contributed by atoms with E-state index in [0.29, 0.717) is 22.9 Å². The number of allylic oxidation sites excluding steroid dienone is 2. The first-order valence-electron chi connectivity index (χ1n) is 6.00. The van der Waals surface area contributed by atoms with Gasteiger partial charge in [0.05, 0.1) is 5.56 Å². The van der Waals surface area contributed by atoms with Crippen LogP contribution in [0.25, 0.3) is 11.0 Å². The third-order valence-corrected chi connectivity index (χ3v) is 2.92. The molecule has 0 aliphatic heterocycles. The molecule has 0 N–H and O–H groups in total. The summed E-state index contributed by atoms with van der Waals surface area (Å²) in [5.41, 5.74) is 1.20. The van der Waals surface area contributed by atoms with Crippen molar-refractivity contribution in [3.05, 3.63) is 54.4 Å². The van der Waals surface area contributed by atoms with Crippen molar-refractivity contribution in [2.24, 2.45) is 0 Å². The Bertz CT molecular complexity index is 587. The molecule has 0 fully saturated rings. The standard InChI is InChI=1S/C11H9ClN2O.C4H8/c1-2-6-14-10(12)9(7-15)8-4-3-5-13-11(8)14;1-3-4-2/h2-5,7H,1,6H2;3H,1,4H2,2H3. The number of hydrogen-bond acceptors (Lipinski definition) is 2. The molecule has 0 saturated heterocycles. The molecule has 0 unspecified atom stereocenters. The van der Waals surface area contributed by atoms with Crippen molar-refractivity contribution < 1.29 is 4.79 Å². The minimum Gasteiger partial charge on any atom is -0.312 e. The lowest BCUT2D eigenvalue weighted by molar-refractivity contribution is 0.112. The second-order valence-electron chi connectivity index (χ2n) is 3.79. The fourth-order valence-corrected chi connectivity index (χ4v) is 1.88. The molecule has 0 bridgehead atoms. The summed E-state index contributed by atoms with van der Waals surface area (Å²) in [5.74, 6) is 0. The van der Waals surface area contributed by atoms with Crippen molar-refractivity contribution >= 4 is 28.9 Å². The topological polar surface area (TPSA) is 34.9 Å². The average molecular weight is 277 g/mol. The fraction of sp³-hybridized carbons (Fsp3) is 0.200. The number of aromatic nitrogens is 2. The minimum absolute atomic E-state index is 0.415. The summed E-state index contributed by atoms with van der Waals surface area (Å²) in [5, 5.41) is 1.19. The monoisotopic (exact) mass is 276 g/mol. The molecule has 0 atom stereocenters. The Labute approximate surface area is 118 Å². The van der Waals surface area contributed by atoms with Gasteiger partial charge in [0.1, 0.15) is 10.8 Å². The zero-order chi connectivity index (χ0) is 14.3. The van der Waals surface area contributed by atoms with Crippen molar-refractivity contribution in [1.82, 2.24) is 9.55 Å². The number of nitrogens with zero attached hydrogens (tertiary/aromatic N) is 2. The fourth-order valence-electron chi connectivity index (χ4n) is 1.58. The number of rotatable bonds is 4. The first kappa shape index (κ1) is 15.2. The summed E-state index contributed by atoms with van der Waals surface area (Å²) in [6.45, 7) is 9.73. The third-order valence-electron chi connectivity index (χ3n) is 2.51. The van der Waals surface area contributed by atoms with Gasteiger partial charge in [-0.25, -0.2) is 4.98 Å². The summed E-state index contributed by atoms with van der Waals surface area (Å²) < 4.78 is 1.76. The second kappa shape index (κ2) is 7.54. The van der Waals surface area contributed by atoms with Crippen LogP contribution >= 0.6 is 11.6 Å². The predicted octanol–water partition coefficient (Wildman–Crippen LogP) is 4.27. The Morgan fingerprint density at radius 2 is 2.11 bits per heavy atom. The molecular formula is C15H17ClN2O. The van der Waals surface area contributed by atoms with E-state index in [0.717, 1.165) is 18.1 Å². The highest BCUT2D eigenvalue weighted by molar-refractivity contribution is 6.34. The van der Waals surface area contributed by atoms with Gasteiger partial charge in [0.25, 0.3) is 0 Å². The molecule has 0 aliphatic rings. The van der Waals surface area contributed by atoms with Crippen molar-refractivity contribution in [1.29, 1.82) is 0 Å². The molecule has 0 amide bonds. The van der Waals surface area contributed by atoms with E-state index < -0.39 is 0 Å². The van der Waals surface area contributed by atoms with Gasteiger partial charge in [0.2, 0.25) is 0 Å². The van der Waals surface area contributed by atoms with Gasteiger partial charge in [0, 0.05) is 18.1 Å². The number of aldehydes is 1. The van der Waals surface area contributed by atoms with E-state index in [9.17, 15) is 4.79 Å². The lowest BCUT2D eigenvalue weighted by Gasteiger charge is -2.00. The molecule has 100 valence electrons. The Kier molecular flexibility index (Phi) is 6.03. The molecule has 2 heterocycles. The van der Waals surface area contributed by atoms with Gasteiger partial charge in [-0.05, 0) is 18.6 Å². The summed E-state index contributed by atoms with van der Waals surface area (Å²) in [6.07, 6.45) is 7.10. The van der Waals surface area contributed by atoms with E-state index in [1.807, 2.05) is 12.1 Å². The molecular weight excluding hydrogens is 260 g/mol. The van der Waals surface area contributed by atoms with Crippen LogP contribution in [0.4, 0.5) is 0 Å². The quantitative estimate of drug-likeness (QED) is 0.617. The number of pyridine rings is 1. The largest absolute Gasteiger partial charge is 0.312 e. The van der Waals surface area contributed by atoms with Crippen LogP contribution in [-0.4, -0.2) is 15.8 Å². The second-order valence-corrected chi connectivity index (χ2v) is 4.15. The summed E-state index contributed by atoms with van der Waals surface area (Å²) in [6, 6.07) is 3.61. The average Bonchev–Trinajstić information content (AvgIpc) is 2.72. The number of hydrogen-bond donors (Lipinski definition) is 0. The van der Waals surface area contributed by atoms with E-state index in [4.69, 9.17) is 11.6 Å². The van der Waals surface area contributed by atoms with E-state index in [1.54, 1.807) is 22.9 Å². The maximum Gasteiger partial charge on any atom is 0.153 e. The van der Waals surface area contributed by atoms with Crippen LogP contribution in [0.1, 0.15) is 23.7 Å². The van der Waals surface area contributed by atoms with E-state index in [1.165, 1.54) is 0 Å². The van der Waals surface area contributed by atoms with Gasteiger partial charge in [-0.3, -0.25) is 4.79 Å². The first-order valence-corrected chi connectivity index (χ1v) is 6.38. The molecule has 2 rings (SSSR count). The summed E-state index contributed by atoms with van der Waals surface area (Å²) in [4.78, 5) is 15.1. The molecule has 4 heteroatoms. The third kappa shape index (κ3) is 3.32. The first-order chi connectivity index (χ1) is 9.21. The summed E-state index contributed by atoms with van der Waals surface area (Å²) >= 11 is 6.08.